The number of nitrogens with one attached hydrogen (secondary N) is 1. The van der Waals surface area contributed by atoms with Crippen LogP contribution in [0.4, 0.5) is 5.82 Å². The van der Waals surface area contributed by atoms with Crippen molar-refractivity contribution in [2.75, 3.05) is 18.5 Å². The normalized spacial score (nSPS) is 10.3. The Morgan fingerprint density at radius 1 is 1.13 bits per heavy atom. The summed E-state index contributed by atoms with van der Waals surface area (Å²) in [7, 11) is 0. The Bertz CT molecular complexity index is 283. The van der Waals surface area contributed by atoms with Crippen molar-refractivity contribution in [1.29, 1.82) is 0 Å². The van der Waals surface area contributed by atoms with E-state index in [1.54, 1.807) is 12.4 Å². The van der Waals surface area contributed by atoms with E-state index in [2.05, 4.69) is 15.3 Å². The van der Waals surface area contributed by atoms with Crippen LogP contribution in [0.2, 0.25) is 5.15 Å². The second-order valence-electron chi connectivity index (χ2n) is 3.26. The Balaban J connectivity index is 2.12. The summed E-state index contributed by atoms with van der Waals surface area (Å²) in [5, 5.41) is 12.1. The zero-order valence-electron chi connectivity index (χ0n) is 8.62. The largest absolute Gasteiger partial charge is 0.396 e. The molecule has 0 aromatic carbocycles. The molecule has 84 valence electrons. The number of halogens is 1. The Labute approximate surface area is 94.7 Å². The van der Waals surface area contributed by atoms with Crippen LogP contribution < -0.4 is 5.32 Å². The van der Waals surface area contributed by atoms with Crippen LogP contribution in [0.3, 0.4) is 0 Å². The molecule has 4 nitrogen and oxygen atoms in total. The molecule has 1 aromatic heterocycles. The van der Waals surface area contributed by atoms with Crippen LogP contribution in [0.15, 0.2) is 12.4 Å². The van der Waals surface area contributed by atoms with Gasteiger partial charge < -0.3 is 10.4 Å². The minimum absolute atomic E-state index is 0.281. The predicted molar refractivity (Wildman–Crippen MR) is 61.1 cm³/mol. The molecule has 15 heavy (non-hydrogen) atoms. The second kappa shape index (κ2) is 7.43. The molecule has 0 atom stereocenters. The van der Waals surface area contributed by atoms with Gasteiger partial charge in [0.05, 0.1) is 0 Å². The molecule has 0 bridgehead atoms. The van der Waals surface area contributed by atoms with Crippen LogP contribution in [0.1, 0.15) is 25.7 Å². The molecule has 0 amide bonds. The Kier molecular flexibility index (Phi) is 6.04. The van der Waals surface area contributed by atoms with Gasteiger partial charge in [0, 0.05) is 25.5 Å². The van der Waals surface area contributed by atoms with E-state index in [0.29, 0.717) is 11.0 Å². The summed E-state index contributed by atoms with van der Waals surface area (Å²) in [6.07, 6.45) is 7.27. The van der Waals surface area contributed by atoms with Crippen LogP contribution in [-0.4, -0.2) is 28.2 Å². The molecule has 0 unspecified atom stereocenters. The highest BCUT2D eigenvalue weighted by molar-refractivity contribution is 6.31. The molecule has 5 heteroatoms. The Morgan fingerprint density at radius 3 is 2.60 bits per heavy atom. The van der Waals surface area contributed by atoms with E-state index < -0.39 is 0 Å². The first-order chi connectivity index (χ1) is 7.34. The van der Waals surface area contributed by atoms with Crippen molar-refractivity contribution in [2.24, 2.45) is 0 Å². The second-order valence-corrected chi connectivity index (χ2v) is 3.62. The van der Waals surface area contributed by atoms with Gasteiger partial charge >= 0.3 is 0 Å². The summed E-state index contributed by atoms with van der Waals surface area (Å²) >= 11 is 5.82. The first-order valence-electron chi connectivity index (χ1n) is 5.16. The molecule has 0 spiro atoms. The summed E-state index contributed by atoms with van der Waals surface area (Å²) in [4.78, 5) is 7.98. The van der Waals surface area contributed by atoms with Crippen molar-refractivity contribution in [3.63, 3.8) is 0 Å². The van der Waals surface area contributed by atoms with Crippen LogP contribution in [0.5, 0.6) is 0 Å². The van der Waals surface area contributed by atoms with Gasteiger partial charge in [-0.05, 0) is 12.8 Å². The van der Waals surface area contributed by atoms with Gasteiger partial charge in [-0.3, -0.25) is 0 Å². The van der Waals surface area contributed by atoms with Crippen LogP contribution in [0, 0.1) is 0 Å². The lowest BCUT2D eigenvalue weighted by Crippen LogP contribution is -2.04. The van der Waals surface area contributed by atoms with E-state index in [9.17, 15) is 0 Å². The van der Waals surface area contributed by atoms with E-state index in [-0.39, 0.29) is 6.61 Å². The third-order valence-corrected chi connectivity index (χ3v) is 2.31. The van der Waals surface area contributed by atoms with Crippen molar-refractivity contribution in [2.45, 2.75) is 25.7 Å². The van der Waals surface area contributed by atoms with E-state index in [1.165, 1.54) is 0 Å². The van der Waals surface area contributed by atoms with Gasteiger partial charge in [-0.1, -0.05) is 24.4 Å². The van der Waals surface area contributed by atoms with Gasteiger partial charge in [0.2, 0.25) is 0 Å². The van der Waals surface area contributed by atoms with Gasteiger partial charge in [0.25, 0.3) is 0 Å². The highest BCUT2D eigenvalue weighted by atomic mass is 35.5. The van der Waals surface area contributed by atoms with Crippen molar-refractivity contribution >= 4 is 17.4 Å². The predicted octanol–water partition coefficient (Wildman–Crippen LogP) is 2.09. The number of nitrogens with zero attached hydrogens (tertiary/aromatic N) is 2. The summed E-state index contributed by atoms with van der Waals surface area (Å²) in [5.74, 6) is 0.640. The zero-order valence-corrected chi connectivity index (χ0v) is 9.37. The summed E-state index contributed by atoms with van der Waals surface area (Å²) in [6, 6.07) is 0. The lowest BCUT2D eigenvalue weighted by Gasteiger charge is -2.05. The highest BCUT2D eigenvalue weighted by Gasteiger charge is 1.99. The topological polar surface area (TPSA) is 58.0 Å². The van der Waals surface area contributed by atoms with Crippen molar-refractivity contribution < 1.29 is 5.11 Å². The first-order valence-corrected chi connectivity index (χ1v) is 5.53. The summed E-state index contributed by atoms with van der Waals surface area (Å²) in [5.41, 5.74) is 0. The minimum Gasteiger partial charge on any atom is -0.396 e. The van der Waals surface area contributed by atoms with E-state index in [4.69, 9.17) is 16.7 Å². The summed E-state index contributed by atoms with van der Waals surface area (Å²) in [6.45, 7) is 1.12. The molecule has 0 aliphatic rings. The number of hydrogen-bond acceptors (Lipinski definition) is 4. The number of unbranched alkanes of at least 4 members (excludes halogenated alkanes) is 3. The van der Waals surface area contributed by atoms with Gasteiger partial charge in [-0.25, -0.2) is 9.97 Å². The molecule has 1 rings (SSSR count). The SMILES string of the molecule is OCCCCCCNc1nccnc1Cl. The molecular formula is C10H16ClN3O. The number of anilines is 1. The molecule has 0 radical (unpaired) electrons. The van der Waals surface area contributed by atoms with Gasteiger partial charge in [-0.15, -0.1) is 0 Å². The lowest BCUT2D eigenvalue weighted by atomic mass is 10.2. The quantitative estimate of drug-likeness (QED) is 0.703. The summed E-state index contributed by atoms with van der Waals surface area (Å²) < 4.78 is 0. The number of aliphatic hydroxyl groups excluding tert-OH is 1. The molecule has 0 aliphatic heterocycles. The Hall–Kier alpha value is -0.870. The molecule has 1 aromatic rings. The third kappa shape index (κ3) is 4.95. The van der Waals surface area contributed by atoms with Crippen molar-refractivity contribution in [1.82, 2.24) is 9.97 Å². The van der Waals surface area contributed by atoms with Gasteiger partial charge in [-0.2, -0.15) is 0 Å². The molecule has 0 fully saturated rings. The fraction of sp³-hybridized carbons (Fsp3) is 0.600. The third-order valence-electron chi connectivity index (χ3n) is 2.03. The molecule has 0 aliphatic carbocycles. The maximum Gasteiger partial charge on any atom is 0.171 e. The Morgan fingerprint density at radius 2 is 1.87 bits per heavy atom. The smallest absolute Gasteiger partial charge is 0.171 e. The van der Waals surface area contributed by atoms with Crippen LogP contribution >= 0.6 is 11.6 Å². The molecule has 1 heterocycles. The fourth-order valence-corrected chi connectivity index (χ4v) is 1.41. The number of hydrogen-bond donors (Lipinski definition) is 2. The minimum atomic E-state index is 0.281. The number of aromatic nitrogens is 2. The lowest BCUT2D eigenvalue weighted by molar-refractivity contribution is 0.283. The molecule has 2 N–H and O–H groups in total. The van der Waals surface area contributed by atoms with E-state index in [0.717, 1.165) is 32.2 Å². The monoisotopic (exact) mass is 229 g/mol. The standard InChI is InChI=1S/C10H16ClN3O/c11-9-10(14-7-6-12-9)13-5-3-1-2-4-8-15/h6-7,15H,1-5,8H2,(H,13,14). The van der Waals surface area contributed by atoms with Gasteiger partial charge in [0.1, 0.15) is 0 Å². The average Bonchev–Trinajstić information content (AvgIpc) is 2.25. The molecule has 0 saturated heterocycles. The van der Waals surface area contributed by atoms with Gasteiger partial charge in [0.15, 0.2) is 11.0 Å². The van der Waals surface area contributed by atoms with E-state index >= 15 is 0 Å². The number of rotatable bonds is 7. The first kappa shape index (κ1) is 12.2. The maximum absolute atomic E-state index is 8.59. The molecule has 0 saturated carbocycles. The fourth-order valence-electron chi connectivity index (χ4n) is 1.24. The van der Waals surface area contributed by atoms with E-state index in [1.807, 2.05) is 0 Å². The number of aliphatic hydroxyl groups is 1. The van der Waals surface area contributed by atoms with Crippen LogP contribution in [0.25, 0.3) is 0 Å². The van der Waals surface area contributed by atoms with Crippen molar-refractivity contribution in [3.05, 3.63) is 17.5 Å². The van der Waals surface area contributed by atoms with Crippen LogP contribution in [-0.2, 0) is 0 Å². The van der Waals surface area contributed by atoms with Crippen molar-refractivity contribution in [3.8, 4) is 0 Å². The maximum atomic E-state index is 8.59. The molecular weight excluding hydrogens is 214 g/mol. The highest BCUT2D eigenvalue weighted by Crippen LogP contribution is 2.13. The zero-order chi connectivity index (χ0) is 10.9. The average molecular weight is 230 g/mol.